The zero-order valence-corrected chi connectivity index (χ0v) is 59.6. The lowest BCUT2D eigenvalue weighted by atomic mass is 9.97. The third-order valence-corrected chi connectivity index (χ3v) is 17.9. The molecule has 2 fully saturated rings. The van der Waals surface area contributed by atoms with Crippen molar-refractivity contribution in [3.05, 3.63) is 122 Å². The molecule has 9 N–H and O–H groups in total. The standard InChI is InChI=1S/C81H139NO13/c1-3-5-7-9-11-13-15-17-19-21-23-25-26-27-28-29-30-31-32-33-34-35-36-37-38-39-40-41-42-43-44-45-47-49-51-53-55-57-59-61-63-65-73(86)82-69(70(85)64-62-60-58-56-54-52-50-48-46-24-22-20-18-16-14-12-10-8-6-4-2)68-92-80-78(91)76(89)79(72(67-84)94-80)95-81-77(90)75(88)74(87)71(66-83)93-81/h5,7,11,13,17,19,23,25,27-28,30-31,33-34,36-37,39-40,42-43,69-72,74-81,83-85,87-91H,3-4,6,8-10,12,14-16,18,20-22,24,26,29,32,35,38,41,44-68H2,1-2H3,(H,82,86)/b7-5-,13-11-,19-17-,25-23-,28-27-,31-30-,34-33-,37-36-,40-39-,43-42-. The van der Waals surface area contributed by atoms with Crippen LogP contribution in [0.2, 0.25) is 0 Å². The van der Waals surface area contributed by atoms with Crippen LogP contribution in [0, 0.1) is 0 Å². The first kappa shape index (κ1) is 87.5. The molecule has 1 amide bonds. The van der Waals surface area contributed by atoms with Gasteiger partial charge in [0, 0.05) is 6.42 Å². The number of aliphatic hydroxyl groups is 8. The molecule has 12 unspecified atom stereocenters. The van der Waals surface area contributed by atoms with Crippen molar-refractivity contribution in [3.63, 3.8) is 0 Å². The smallest absolute Gasteiger partial charge is 0.220 e. The van der Waals surface area contributed by atoms with Gasteiger partial charge < -0.3 is 65.1 Å². The predicted octanol–water partition coefficient (Wildman–Crippen LogP) is 16.8. The molecule has 2 aliphatic heterocycles. The second-order valence-electron chi connectivity index (χ2n) is 26.4. The highest BCUT2D eigenvalue weighted by Crippen LogP contribution is 2.30. The summed E-state index contributed by atoms with van der Waals surface area (Å²) in [7, 11) is 0. The van der Waals surface area contributed by atoms with Crippen molar-refractivity contribution in [1.82, 2.24) is 5.32 Å². The lowest BCUT2D eigenvalue weighted by Gasteiger charge is -2.46. The second kappa shape index (κ2) is 63.8. The van der Waals surface area contributed by atoms with Gasteiger partial charge in [-0.1, -0.05) is 315 Å². The van der Waals surface area contributed by atoms with E-state index in [2.05, 4.69) is 141 Å². The number of carbonyl (C=O) groups excluding carboxylic acids is 1. The van der Waals surface area contributed by atoms with E-state index in [1.807, 2.05) is 0 Å². The molecule has 2 rings (SSSR count). The van der Waals surface area contributed by atoms with Crippen molar-refractivity contribution in [2.24, 2.45) is 0 Å². The molecule has 0 aromatic rings. The number of hydrogen-bond acceptors (Lipinski definition) is 13. The van der Waals surface area contributed by atoms with Crippen LogP contribution in [0.3, 0.4) is 0 Å². The molecule has 2 aliphatic rings. The van der Waals surface area contributed by atoms with Crippen LogP contribution < -0.4 is 5.32 Å². The molecule has 14 heteroatoms. The van der Waals surface area contributed by atoms with E-state index in [0.717, 1.165) is 116 Å². The van der Waals surface area contributed by atoms with E-state index in [1.54, 1.807) is 0 Å². The number of unbranched alkanes of at least 4 members (excludes halogenated alkanes) is 29. The average Bonchev–Trinajstić information content (AvgIpc) is 0.897. The summed E-state index contributed by atoms with van der Waals surface area (Å²) in [5.74, 6) is -0.213. The Labute approximate surface area is 578 Å². The summed E-state index contributed by atoms with van der Waals surface area (Å²) in [5.41, 5.74) is 0. The maximum atomic E-state index is 13.4. The normalized spacial score (nSPS) is 23.1. The molecule has 0 bridgehead atoms. The Morgan fingerprint density at radius 3 is 1.12 bits per heavy atom. The highest BCUT2D eigenvalue weighted by atomic mass is 16.7. The van der Waals surface area contributed by atoms with Gasteiger partial charge in [-0.3, -0.25) is 4.79 Å². The third kappa shape index (κ3) is 47.1. The third-order valence-electron chi connectivity index (χ3n) is 17.9. The van der Waals surface area contributed by atoms with Crippen LogP contribution >= 0.6 is 0 Å². The summed E-state index contributed by atoms with van der Waals surface area (Å²) in [4.78, 5) is 13.4. The summed E-state index contributed by atoms with van der Waals surface area (Å²) in [6.45, 7) is 2.77. The van der Waals surface area contributed by atoms with Gasteiger partial charge in [-0.15, -0.1) is 0 Å². The Kier molecular flexibility index (Phi) is 58.8. The fourth-order valence-corrected chi connectivity index (χ4v) is 11.9. The average molecular weight is 1330 g/mol. The molecule has 14 nitrogen and oxygen atoms in total. The van der Waals surface area contributed by atoms with Gasteiger partial charge in [-0.2, -0.15) is 0 Å². The van der Waals surface area contributed by atoms with Crippen LogP contribution in [-0.4, -0.2) is 140 Å². The van der Waals surface area contributed by atoms with Crippen molar-refractivity contribution in [1.29, 1.82) is 0 Å². The van der Waals surface area contributed by atoms with Gasteiger partial charge >= 0.3 is 0 Å². The Morgan fingerprint density at radius 1 is 0.389 bits per heavy atom. The largest absolute Gasteiger partial charge is 0.394 e. The van der Waals surface area contributed by atoms with E-state index >= 15 is 0 Å². The number of hydrogen-bond donors (Lipinski definition) is 9. The molecule has 2 saturated heterocycles. The van der Waals surface area contributed by atoms with Gasteiger partial charge in [0.05, 0.1) is 32.0 Å². The fraction of sp³-hybridized carbons (Fsp3) is 0.741. The quantitative estimate of drug-likeness (QED) is 0.0204. The summed E-state index contributed by atoms with van der Waals surface area (Å²) >= 11 is 0. The maximum absolute atomic E-state index is 13.4. The van der Waals surface area contributed by atoms with Crippen molar-refractivity contribution in [3.8, 4) is 0 Å². The minimum Gasteiger partial charge on any atom is -0.394 e. The number of nitrogens with one attached hydrogen (secondary N) is 1. The predicted molar refractivity (Wildman–Crippen MR) is 392 cm³/mol. The maximum Gasteiger partial charge on any atom is 0.220 e. The van der Waals surface area contributed by atoms with Gasteiger partial charge in [0.15, 0.2) is 12.6 Å². The van der Waals surface area contributed by atoms with Crippen LogP contribution in [0.15, 0.2) is 122 Å². The molecule has 0 aromatic heterocycles. The monoisotopic (exact) mass is 1330 g/mol. The van der Waals surface area contributed by atoms with Crippen molar-refractivity contribution < 1.29 is 64.6 Å². The minimum atomic E-state index is -1.79. The number of carbonyl (C=O) groups is 1. The topological polar surface area (TPSA) is 228 Å². The Bertz CT molecular complexity index is 2060. The number of allylic oxidation sites excluding steroid dienone is 20. The molecule has 0 saturated carbocycles. The molecule has 95 heavy (non-hydrogen) atoms. The first-order valence-electron chi connectivity index (χ1n) is 38.3. The summed E-state index contributed by atoms with van der Waals surface area (Å²) in [6, 6.07) is -0.840. The molecule has 0 radical (unpaired) electrons. The summed E-state index contributed by atoms with van der Waals surface area (Å²) in [6.07, 6.45) is 76.4. The zero-order chi connectivity index (χ0) is 68.7. The van der Waals surface area contributed by atoms with E-state index < -0.39 is 86.8 Å². The number of ether oxygens (including phenoxy) is 4. The molecule has 12 atom stereocenters. The van der Waals surface area contributed by atoms with Crippen LogP contribution in [-0.2, 0) is 23.7 Å². The lowest BCUT2D eigenvalue weighted by Crippen LogP contribution is -2.65. The van der Waals surface area contributed by atoms with E-state index in [4.69, 9.17) is 18.9 Å². The van der Waals surface area contributed by atoms with Crippen molar-refractivity contribution in [2.75, 3.05) is 19.8 Å². The van der Waals surface area contributed by atoms with E-state index in [1.165, 1.54) is 141 Å². The van der Waals surface area contributed by atoms with Crippen LogP contribution in [0.5, 0.6) is 0 Å². The Hall–Kier alpha value is -3.61. The van der Waals surface area contributed by atoms with Gasteiger partial charge in [0.25, 0.3) is 0 Å². The van der Waals surface area contributed by atoms with E-state index in [0.29, 0.717) is 19.3 Å². The van der Waals surface area contributed by atoms with Gasteiger partial charge in [-0.25, -0.2) is 0 Å². The van der Waals surface area contributed by atoms with Crippen molar-refractivity contribution in [2.45, 2.75) is 364 Å². The van der Waals surface area contributed by atoms with Crippen LogP contribution in [0.4, 0.5) is 0 Å². The molecule has 0 aliphatic carbocycles. The van der Waals surface area contributed by atoms with Crippen LogP contribution in [0.25, 0.3) is 0 Å². The summed E-state index contributed by atoms with van der Waals surface area (Å²) in [5, 5.41) is 87.7. The molecular weight excluding hydrogens is 1190 g/mol. The van der Waals surface area contributed by atoms with Gasteiger partial charge in [0.1, 0.15) is 48.8 Å². The van der Waals surface area contributed by atoms with Gasteiger partial charge in [0.2, 0.25) is 5.91 Å². The number of amides is 1. The Balaban J connectivity index is 1.61. The molecule has 0 spiro atoms. The molecule has 0 aromatic carbocycles. The first-order chi connectivity index (χ1) is 46.6. The number of rotatable bonds is 62. The Morgan fingerprint density at radius 2 is 0.726 bits per heavy atom. The fourth-order valence-electron chi connectivity index (χ4n) is 11.9. The zero-order valence-electron chi connectivity index (χ0n) is 59.6. The van der Waals surface area contributed by atoms with E-state index in [-0.39, 0.29) is 12.5 Å². The highest BCUT2D eigenvalue weighted by molar-refractivity contribution is 5.76. The SMILES string of the molecule is CC/C=C\C/C=C\C/C=C\C/C=C\C/C=C\C/C=C\C/C=C\C/C=C\C/C=C\C/C=C\CCCCCCCCCCCCC(=O)NC(COC1OC(CO)C(OC2OC(CO)C(O)C(O)C2O)C(O)C1O)C(O)CCCCCCCCCCCCCCCCCCCCCC. The second-order valence-corrected chi connectivity index (χ2v) is 26.4. The minimum absolute atomic E-state index is 0.213. The van der Waals surface area contributed by atoms with E-state index in [9.17, 15) is 45.6 Å². The molecule has 546 valence electrons. The lowest BCUT2D eigenvalue weighted by molar-refractivity contribution is -0.359. The first-order valence-corrected chi connectivity index (χ1v) is 38.3. The molecule has 2 heterocycles. The molecular formula is C81H139NO13. The van der Waals surface area contributed by atoms with Crippen LogP contribution in [0.1, 0.15) is 290 Å². The number of aliphatic hydroxyl groups excluding tert-OH is 8. The summed E-state index contributed by atoms with van der Waals surface area (Å²) < 4.78 is 22.9. The highest BCUT2D eigenvalue weighted by Gasteiger charge is 2.51. The van der Waals surface area contributed by atoms with Gasteiger partial charge in [-0.05, 0) is 89.9 Å². The van der Waals surface area contributed by atoms with Crippen molar-refractivity contribution >= 4 is 5.91 Å².